The van der Waals surface area contributed by atoms with Crippen molar-refractivity contribution in [2.24, 2.45) is 0 Å². The van der Waals surface area contributed by atoms with Gasteiger partial charge in [0.1, 0.15) is 11.2 Å². The summed E-state index contributed by atoms with van der Waals surface area (Å²) in [7, 11) is 0. The van der Waals surface area contributed by atoms with E-state index < -0.39 is 0 Å². The van der Waals surface area contributed by atoms with Crippen LogP contribution in [0, 0.1) is 41.5 Å². The van der Waals surface area contributed by atoms with E-state index in [1.165, 1.54) is 171 Å². The summed E-state index contributed by atoms with van der Waals surface area (Å²) in [6, 6.07) is 37.6. The van der Waals surface area contributed by atoms with Gasteiger partial charge >= 0.3 is 0 Å². The summed E-state index contributed by atoms with van der Waals surface area (Å²) in [6.45, 7) is 43.3. The Bertz CT molecular complexity index is 3840. The second-order valence-corrected chi connectivity index (χ2v) is 28.9. The summed E-state index contributed by atoms with van der Waals surface area (Å²) in [4.78, 5) is 5.41. The Hall–Kier alpha value is -6.00. The smallest absolute Gasteiger partial charge is 0.252 e. The third kappa shape index (κ3) is 7.06. The number of benzene rings is 7. The first kappa shape index (κ1) is 49.6. The van der Waals surface area contributed by atoms with Crippen molar-refractivity contribution in [2.45, 2.75) is 196 Å². The van der Waals surface area contributed by atoms with Gasteiger partial charge in [0.2, 0.25) is 0 Å². The number of anilines is 6. The standard InChI is InChI=1S/C72H81BN2O/c1-40-27-44(5)65(45(6)28-40)46-19-20-55-59(33-46)74(57-36-52-49(31-42(57)3)67(7,8)21-24-70(52,13)14)61-29-41(2)30-62-66(61)73(55)56-39-64-48(47-34-51-54(38-63(47)76-64)72(17,18)26-23-69(51,11)12)35-60(56)75(62)58-37-53-50(32-43(58)4)68(9,10)22-25-71(53,15)16/h19-20,27-39H,21-26H2,1-18H3. The van der Waals surface area contributed by atoms with Gasteiger partial charge in [0.25, 0.3) is 6.71 Å². The zero-order valence-electron chi connectivity index (χ0n) is 49.3. The molecule has 13 rings (SSSR count). The summed E-state index contributed by atoms with van der Waals surface area (Å²) in [5.74, 6) is 0. The Balaban J connectivity index is 1.15. The van der Waals surface area contributed by atoms with Crippen molar-refractivity contribution in [1.82, 2.24) is 0 Å². The van der Waals surface area contributed by atoms with E-state index in [1.54, 1.807) is 0 Å². The van der Waals surface area contributed by atoms with Crippen LogP contribution in [-0.2, 0) is 32.5 Å². The predicted molar refractivity (Wildman–Crippen MR) is 327 cm³/mol. The van der Waals surface area contributed by atoms with E-state index in [2.05, 4.69) is 225 Å². The van der Waals surface area contributed by atoms with Crippen LogP contribution >= 0.6 is 0 Å². The normalized spacial score (nSPS) is 19.7. The van der Waals surface area contributed by atoms with E-state index >= 15 is 0 Å². The van der Waals surface area contributed by atoms with Crippen molar-refractivity contribution >= 4 is 79.2 Å². The van der Waals surface area contributed by atoms with Gasteiger partial charge in [-0.25, -0.2) is 0 Å². The number of furan rings is 1. The highest BCUT2D eigenvalue weighted by Gasteiger charge is 2.47. The molecule has 2 aliphatic heterocycles. The largest absolute Gasteiger partial charge is 0.456 e. The van der Waals surface area contributed by atoms with E-state index in [4.69, 9.17) is 4.42 Å². The first-order valence-electron chi connectivity index (χ1n) is 28.9. The van der Waals surface area contributed by atoms with Crippen LogP contribution in [-0.4, -0.2) is 6.71 Å². The molecule has 8 aromatic rings. The minimum absolute atomic E-state index is 0.0405. The molecule has 0 radical (unpaired) electrons. The van der Waals surface area contributed by atoms with Gasteiger partial charge in [-0.05, 0) is 256 Å². The maximum atomic E-state index is 7.25. The molecule has 7 aromatic carbocycles. The number of rotatable bonds is 3. The van der Waals surface area contributed by atoms with Crippen molar-refractivity contribution in [2.75, 3.05) is 9.80 Å². The monoisotopic (exact) mass is 1000 g/mol. The fraction of sp³-hybridized carbons (Fsp3) is 0.417. The lowest BCUT2D eigenvalue weighted by Gasteiger charge is -2.47. The van der Waals surface area contributed by atoms with Crippen LogP contribution in [0.15, 0.2) is 95.4 Å². The van der Waals surface area contributed by atoms with E-state index in [1.807, 2.05) is 0 Å². The SMILES string of the molecule is Cc1cc(C)c(-c2ccc3c(c2)N(c2cc4c(cc2C)C(C)(C)CCC4(C)C)c2cc(C)cc4c2B3c2cc3oc5cc6c(cc5c3cc2N4c2cc3c(cc2C)C(C)(C)CCC3(C)C)C(C)(C)CCC6(C)C)c(C)c1. The molecule has 0 unspecified atom stereocenters. The molecule has 3 nitrogen and oxygen atoms in total. The molecule has 4 heteroatoms. The molecule has 76 heavy (non-hydrogen) atoms. The van der Waals surface area contributed by atoms with Gasteiger partial charge in [-0.3, -0.25) is 0 Å². The molecule has 0 saturated carbocycles. The topological polar surface area (TPSA) is 19.6 Å². The number of hydrogen-bond acceptors (Lipinski definition) is 3. The van der Waals surface area contributed by atoms with Gasteiger partial charge in [0, 0.05) is 44.9 Å². The molecule has 0 bridgehead atoms. The molecule has 0 fully saturated rings. The molecule has 0 N–H and O–H groups in total. The molecule has 0 saturated heterocycles. The lowest BCUT2D eigenvalue weighted by Crippen LogP contribution is -2.61. The average Bonchev–Trinajstić information content (AvgIpc) is 3.86. The number of hydrogen-bond donors (Lipinski definition) is 0. The fourth-order valence-electron chi connectivity index (χ4n) is 15.7. The molecule has 0 spiro atoms. The maximum Gasteiger partial charge on any atom is 0.252 e. The molecule has 3 heterocycles. The minimum Gasteiger partial charge on any atom is -0.456 e. The summed E-state index contributed by atoms with van der Waals surface area (Å²) in [6.07, 6.45) is 7.04. The van der Waals surface area contributed by atoms with Crippen molar-refractivity contribution in [3.8, 4) is 11.1 Å². The van der Waals surface area contributed by atoms with Gasteiger partial charge in [-0.1, -0.05) is 125 Å². The number of nitrogens with zero attached hydrogens (tertiary/aromatic N) is 2. The minimum atomic E-state index is -0.0531. The first-order valence-corrected chi connectivity index (χ1v) is 28.9. The van der Waals surface area contributed by atoms with Crippen LogP contribution in [0.3, 0.4) is 0 Å². The Morgan fingerprint density at radius 2 is 0.750 bits per heavy atom. The van der Waals surface area contributed by atoms with Crippen LogP contribution in [0.25, 0.3) is 33.1 Å². The highest BCUT2D eigenvalue weighted by Crippen LogP contribution is 2.55. The highest BCUT2D eigenvalue weighted by atomic mass is 16.3. The van der Waals surface area contributed by atoms with Crippen LogP contribution in [0.2, 0.25) is 0 Å². The summed E-state index contributed by atoms with van der Waals surface area (Å²) in [5, 5.41) is 2.42. The maximum absolute atomic E-state index is 7.25. The zero-order valence-corrected chi connectivity index (χ0v) is 49.3. The van der Waals surface area contributed by atoms with E-state index in [0.717, 1.165) is 17.6 Å². The lowest BCUT2D eigenvalue weighted by atomic mass is 9.33. The van der Waals surface area contributed by atoms with Crippen molar-refractivity contribution in [1.29, 1.82) is 0 Å². The third-order valence-corrected chi connectivity index (χ3v) is 20.6. The second kappa shape index (κ2) is 15.8. The quantitative estimate of drug-likeness (QED) is 0.164. The highest BCUT2D eigenvalue weighted by molar-refractivity contribution is 7.00. The fourth-order valence-corrected chi connectivity index (χ4v) is 15.7. The van der Waals surface area contributed by atoms with Gasteiger partial charge in [0.05, 0.1) is 0 Å². The summed E-state index contributed by atoms with van der Waals surface area (Å²) >= 11 is 0. The van der Waals surface area contributed by atoms with Crippen molar-refractivity contribution < 1.29 is 4.42 Å². The molecule has 388 valence electrons. The van der Waals surface area contributed by atoms with Crippen LogP contribution in [0.4, 0.5) is 34.1 Å². The van der Waals surface area contributed by atoms with E-state index in [0.29, 0.717) is 0 Å². The molecular weight excluding hydrogens is 920 g/mol. The number of fused-ring (bicyclic) bond motifs is 10. The van der Waals surface area contributed by atoms with Crippen molar-refractivity contribution in [3.63, 3.8) is 0 Å². The molecule has 5 aliphatic rings. The molecule has 3 aliphatic carbocycles. The van der Waals surface area contributed by atoms with Crippen LogP contribution in [0.1, 0.15) is 188 Å². The van der Waals surface area contributed by atoms with Crippen molar-refractivity contribution in [3.05, 3.63) is 158 Å². The molecule has 0 atom stereocenters. The third-order valence-electron chi connectivity index (χ3n) is 20.6. The van der Waals surface area contributed by atoms with E-state index in [9.17, 15) is 0 Å². The first-order chi connectivity index (χ1) is 35.6. The van der Waals surface area contributed by atoms with Gasteiger partial charge in [-0.2, -0.15) is 0 Å². The lowest BCUT2D eigenvalue weighted by molar-refractivity contribution is 0.332. The van der Waals surface area contributed by atoms with Gasteiger partial charge in [0.15, 0.2) is 0 Å². The summed E-state index contributed by atoms with van der Waals surface area (Å²) in [5.41, 5.74) is 33.3. The Morgan fingerprint density at radius 3 is 1.24 bits per heavy atom. The predicted octanol–water partition coefficient (Wildman–Crippen LogP) is 18.2. The molecule has 0 amide bonds. The van der Waals surface area contributed by atoms with E-state index in [-0.39, 0.29) is 39.2 Å². The molecular formula is C72H81BN2O. The summed E-state index contributed by atoms with van der Waals surface area (Å²) < 4.78 is 7.25. The van der Waals surface area contributed by atoms with Gasteiger partial charge in [-0.15, -0.1) is 0 Å². The Labute approximate surface area is 455 Å². The molecule has 1 aromatic heterocycles. The average molecular weight is 1000 g/mol. The van der Waals surface area contributed by atoms with Crippen LogP contribution in [0.5, 0.6) is 0 Å². The zero-order chi connectivity index (χ0) is 53.9. The number of aryl methyl sites for hydroxylation is 6. The second-order valence-electron chi connectivity index (χ2n) is 28.9. The van der Waals surface area contributed by atoms with Crippen LogP contribution < -0.4 is 26.2 Å². The Morgan fingerprint density at radius 1 is 0.355 bits per heavy atom. The van der Waals surface area contributed by atoms with Gasteiger partial charge < -0.3 is 14.2 Å². The Kier molecular flexibility index (Phi) is 10.3.